The van der Waals surface area contributed by atoms with Gasteiger partial charge in [0.1, 0.15) is 5.82 Å². The maximum atomic E-state index is 10.6. The third-order valence-electron chi connectivity index (χ3n) is 4.41. The van der Waals surface area contributed by atoms with Crippen LogP contribution in [-0.4, -0.2) is 22.3 Å². The predicted molar refractivity (Wildman–Crippen MR) is 112 cm³/mol. The summed E-state index contributed by atoms with van der Waals surface area (Å²) in [6.45, 7) is 9.67. The second-order valence-electron chi connectivity index (χ2n) is 6.14. The summed E-state index contributed by atoms with van der Waals surface area (Å²) in [5, 5.41) is 26.2. The smallest absolute Gasteiger partial charge is 0.212 e. The Hall–Kier alpha value is -3.72. The number of oxime groups is 1. The zero-order valence-corrected chi connectivity index (χ0v) is 16.2. The van der Waals surface area contributed by atoms with Crippen molar-refractivity contribution >= 4 is 34.3 Å². The van der Waals surface area contributed by atoms with E-state index in [4.69, 9.17) is 5.21 Å². The number of anilines is 1. The number of hydrogen-bond acceptors (Lipinski definition) is 5. The Labute approximate surface area is 164 Å². The van der Waals surface area contributed by atoms with Crippen LogP contribution >= 0.6 is 0 Å². The molecule has 28 heavy (non-hydrogen) atoms. The molecule has 1 aromatic carbocycles. The first-order valence-corrected chi connectivity index (χ1v) is 8.78. The van der Waals surface area contributed by atoms with E-state index >= 15 is 0 Å². The van der Waals surface area contributed by atoms with Gasteiger partial charge in [-0.2, -0.15) is 5.26 Å². The molecule has 0 fully saturated rings. The van der Waals surface area contributed by atoms with Gasteiger partial charge in [0.05, 0.1) is 17.3 Å². The number of pyridine rings is 1. The summed E-state index contributed by atoms with van der Waals surface area (Å²) in [6.07, 6.45) is 6.55. The monoisotopic (exact) mass is 374 g/mol. The van der Waals surface area contributed by atoms with Crippen molar-refractivity contribution in [3.8, 4) is 6.07 Å². The van der Waals surface area contributed by atoms with Crippen molar-refractivity contribution in [1.82, 2.24) is 4.98 Å². The van der Waals surface area contributed by atoms with Crippen molar-refractivity contribution < 1.29 is 10.0 Å². The molecule has 0 saturated carbocycles. The largest absolute Gasteiger partial charge is 0.411 e. The second-order valence-corrected chi connectivity index (χ2v) is 6.14. The van der Waals surface area contributed by atoms with Gasteiger partial charge in [-0.15, -0.1) is 0 Å². The molecule has 2 aromatic rings. The second kappa shape index (κ2) is 9.28. The highest BCUT2D eigenvalue weighted by Crippen LogP contribution is 2.31. The summed E-state index contributed by atoms with van der Waals surface area (Å²) >= 11 is 0. The molecular formula is C22H22N4O2. The molecule has 0 saturated heterocycles. The fraction of sp³-hybridized carbons (Fsp3) is 0.182. The van der Waals surface area contributed by atoms with E-state index in [1.54, 1.807) is 18.3 Å². The molecule has 0 spiro atoms. The predicted octanol–water partition coefficient (Wildman–Crippen LogP) is 4.82. The highest BCUT2D eigenvalue weighted by molar-refractivity contribution is 6.02. The highest BCUT2D eigenvalue weighted by atomic mass is 16.4. The highest BCUT2D eigenvalue weighted by Gasteiger charge is 2.12. The number of benzene rings is 1. The number of allylic oxidation sites excluding steroid dienone is 5. The maximum Gasteiger partial charge on any atom is 0.212 e. The molecule has 0 aliphatic heterocycles. The summed E-state index contributed by atoms with van der Waals surface area (Å²) < 4.78 is 0. The molecule has 1 amide bonds. The summed E-state index contributed by atoms with van der Waals surface area (Å²) in [5.74, 6) is 0.424. The number of rotatable bonds is 7. The van der Waals surface area contributed by atoms with Gasteiger partial charge in [0, 0.05) is 17.1 Å². The van der Waals surface area contributed by atoms with Gasteiger partial charge in [0.15, 0.2) is 0 Å². The van der Waals surface area contributed by atoms with Crippen LogP contribution in [0.3, 0.4) is 0 Å². The van der Waals surface area contributed by atoms with Gasteiger partial charge >= 0.3 is 0 Å². The minimum absolute atomic E-state index is 0.424. The van der Waals surface area contributed by atoms with E-state index in [1.807, 2.05) is 39.0 Å². The minimum atomic E-state index is 0.424. The third-order valence-corrected chi connectivity index (χ3v) is 4.41. The number of nitrogens with one attached hydrogen (secondary N) is 1. The van der Waals surface area contributed by atoms with E-state index in [9.17, 15) is 10.1 Å². The first kappa shape index (κ1) is 20.6. The van der Waals surface area contributed by atoms with Crippen molar-refractivity contribution in [2.75, 3.05) is 5.32 Å². The lowest BCUT2D eigenvalue weighted by molar-refractivity contribution is -0.105. The molecule has 0 aliphatic rings. The zero-order chi connectivity index (χ0) is 20.7. The zero-order valence-electron chi connectivity index (χ0n) is 16.2. The Kier molecular flexibility index (Phi) is 6.83. The Morgan fingerprint density at radius 1 is 1.39 bits per heavy atom. The van der Waals surface area contributed by atoms with E-state index in [2.05, 4.69) is 28.1 Å². The molecule has 1 aromatic heterocycles. The van der Waals surface area contributed by atoms with Crippen LogP contribution in [0.15, 0.2) is 59.4 Å². The molecule has 0 radical (unpaired) electrons. The van der Waals surface area contributed by atoms with Gasteiger partial charge in [0.2, 0.25) is 6.41 Å². The topological polar surface area (TPSA) is 98.4 Å². The van der Waals surface area contributed by atoms with Gasteiger partial charge in [-0.3, -0.25) is 4.79 Å². The summed E-state index contributed by atoms with van der Waals surface area (Å²) in [7, 11) is 0. The third kappa shape index (κ3) is 4.33. The molecule has 2 rings (SSSR count). The quantitative estimate of drug-likeness (QED) is 0.239. The lowest BCUT2D eigenvalue weighted by Gasteiger charge is -2.13. The lowest BCUT2D eigenvalue weighted by atomic mass is 9.91. The first-order valence-electron chi connectivity index (χ1n) is 8.78. The van der Waals surface area contributed by atoms with Crippen LogP contribution in [0.1, 0.15) is 38.3 Å². The molecule has 0 aliphatic carbocycles. The molecular weight excluding hydrogens is 352 g/mol. The number of fused-ring (bicyclic) bond motifs is 1. The van der Waals surface area contributed by atoms with E-state index in [1.165, 1.54) is 0 Å². The average Bonchev–Trinajstić information content (AvgIpc) is 2.69. The van der Waals surface area contributed by atoms with Crippen LogP contribution in [0.4, 0.5) is 5.82 Å². The van der Waals surface area contributed by atoms with E-state index < -0.39 is 0 Å². The molecule has 142 valence electrons. The molecule has 6 heteroatoms. The summed E-state index contributed by atoms with van der Waals surface area (Å²) in [6, 6.07) is 7.65. The fourth-order valence-electron chi connectivity index (χ4n) is 3.03. The van der Waals surface area contributed by atoms with E-state index in [-0.39, 0.29) is 0 Å². The molecule has 0 unspecified atom stereocenters. The van der Waals surface area contributed by atoms with Crippen LogP contribution < -0.4 is 5.32 Å². The maximum absolute atomic E-state index is 10.6. The van der Waals surface area contributed by atoms with Crippen molar-refractivity contribution in [3.05, 3.63) is 65.4 Å². The SMILES string of the molecule is C=C(/C=C(C)\C(=C/C)c1cc2cnc(NC=O)cc2cc1C#N)/C(CC)=N\O. The van der Waals surface area contributed by atoms with Crippen molar-refractivity contribution in [2.45, 2.75) is 27.2 Å². The van der Waals surface area contributed by atoms with Crippen molar-refractivity contribution in [3.63, 3.8) is 0 Å². The Morgan fingerprint density at radius 2 is 2.14 bits per heavy atom. The number of hydrogen-bond donors (Lipinski definition) is 2. The van der Waals surface area contributed by atoms with Crippen molar-refractivity contribution in [2.24, 2.45) is 5.16 Å². The molecule has 0 bridgehead atoms. The first-order chi connectivity index (χ1) is 13.5. The van der Waals surface area contributed by atoms with Gasteiger partial charge in [-0.1, -0.05) is 30.8 Å². The van der Waals surface area contributed by atoms with Crippen LogP contribution in [0, 0.1) is 11.3 Å². The summed E-state index contributed by atoms with van der Waals surface area (Å²) in [4.78, 5) is 14.8. The molecule has 2 N–H and O–H groups in total. The number of carbonyl (C=O) groups excluding carboxylic acids is 1. The lowest BCUT2D eigenvalue weighted by Crippen LogP contribution is -2.00. The number of amides is 1. The van der Waals surface area contributed by atoms with Gasteiger partial charge in [-0.05, 0) is 60.6 Å². The number of aromatic nitrogens is 1. The Balaban J connectivity index is 2.57. The number of nitriles is 1. The Bertz CT molecular complexity index is 1060. The summed E-state index contributed by atoms with van der Waals surface area (Å²) in [5.41, 5.74) is 4.18. The average molecular weight is 374 g/mol. The standard InChI is InChI=1S/C22H22N4O2/c1-5-19(14(3)7-15(4)21(6-2)26-28)20-9-18-12-24-22(25-13-27)10-16(18)8-17(20)11-23/h5,7-10,12-13,28H,4,6H2,1-3H3,(H,24,25,27)/b14-7-,19-5+,26-21-. The molecule has 1 heterocycles. The Morgan fingerprint density at radius 3 is 2.71 bits per heavy atom. The van der Waals surface area contributed by atoms with Crippen LogP contribution in [0.2, 0.25) is 0 Å². The van der Waals surface area contributed by atoms with Crippen LogP contribution in [0.5, 0.6) is 0 Å². The fourth-order valence-corrected chi connectivity index (χ4v) is 3.03. The number of carbonyl (C=O) groups is 1. The van der Waals surface area contributed by atoms with Gasteiger partial charge in [-0.25, -0.2) is 4.98 Å². The molecule has 6 nitrogen and oxygen atoms in total. The van der Waals surface area contributed by atoms with Crippen LogP contribution in [0.25, 0.3) is 16.3 Å². The van der Waals surface area contributed by atoms with Crippen molar-refractivity contribution in [1.29, 1.82) is 5.26 Å². The van der Waals surface area contributed by atoms with E-state index in [0.29, 0.717) is 35.5 Å². The van der Waals surface area contributed by atoms with Gasteiger partial charge in [0.25, 0.3) is 0 Å². The molecule has 0 atom stereocenters. The van der Waals surface area contributed by atoms with E-state index in [0.717, 1.165) is 27.5 Å². The van der Waals surface area contributed by atoms with Gasteiger partial charge < -0.3 is 10.5 Å². The van der Waals surface area contributed by atoms with Crippen LogP contribution in [-0.2, 0) is 4.79 Å². The minimum Gasteiger partial charge on any atom is -0.411 e. The normalized spacial score (nSPS) is 12.6. The number of nitrogens with zero attached hydrogens (tertiary/aromatic N) is 3.